The van der Waals surface area contributed by atoms with Gasteiger partial charge in [0, 0.05) is 16.8 Å². The Hall–Kier alpha value is -3.84. The fourth-order valence-corrected chi connectivity index (χ4v) is 3.16. The number of nitrogens with one attached hydrogen (secondary N) is 3. The highest BCUT2D eigenvalue weighted by Crippen LogP contribution is 2.23. The molecule has 0 radical (unpaired) electrons. The molecular weight excluding hydrogens is 454 g/mol. The zero-order chi connectivity index (χ0) is 24.7. The van der Waals surface area contributed by atoms with Crippen molar-refractivity contribution in [2.45, 2.75) is 26.2 Å². The van der Waals surface area contributed by atoms with Crippen LogP contribution in [0.15, 0.2) is 72.8 Å². The van der Waals surface area contributed by atoms with Gasteiger partial charge in [-0.25, -0.2) is 0 Å². The lowest BCUT2D eigenvalue weighted by Gasteiger charge is -2.19. The Kier molecular flexibility index (Phi) is 7.91. The van der Waals surface area contributed by atoms with Crippen LogP contribution in [0.2, 0.25) is 5.02 Å². The highest BCUT2D eigenvalue weighted by atomic mass is 35.5. The summed E-state index contributed by atoms with van der Waals surface area (Å²) < 4.78 is 5.31. The highest BCUT2D eigenvalue weighted by molar-refractivity contribution is 6.32. The van der Waals surface area contributed by atoms with E-state index in [4.69, 9.17) is 16.3 Å². The molecule has 0 aliphatic rings. The molecule has 3 N–H and O–H groups in total. The van der Waals surface area contributed by atoms with E-state index in [2.05, 4.69) is 36.9 Å². The van der Waals surface area contributed by atoms with Gasteiger partial charge in [-0.2, -0.15) is 0 Å². The summed E-state index contributed by atoms with van der Waals surface area (Å²) in [6.07, 6.45) is 0. The molecule has 3 aromatic rings. The average molecular weight is 480 g/mol. The first-order chi connectivity index (χ1) is 16.1. The molecule has 0 saturated heterocycles. The van der Waals surface area contributed by atoms with E-state index in [-0.39, 0.29) is 17.9 Å². The van der Waals surface area contributed by atoms with Crippen molar-refractivity contribution < 1.29 is 19.1 Å². The maximum atomic E-state index is 12.5. The number of carbonyl (C=O) groups excluding carboxylic acids is 3. The monoisotopic (exact) mass is 479 g/mol. The van der Waals surface area contributed by atoms with Crippen LogP contribution in [0.5, 0.6) is 5.75 Å². The maximum absolute atomic E-state index is 12.5. The largest absolute Gasteiger partial charge is 0.482 e. The molecule has 0 spiro atoms. The first-order valence-corrected chi connectivity index (χ1v) is 11.0. The summed E-state index contributed by atoms with van der Waals surface area (Å²) >= 11 is 5.96. The molecule has 0 atom stereocenters. The molecule has 0 saturated carbocycles. The third-order valence-corrected chi connectivity index (χ3v) is 5.24. The Morgan fingerprint density at radius 3 is 2.00 bits per heavy atom. The molecule has 7 nitrogen and oxygen atoms in total. The topological polar surface area (TPSA) is 96.5 Å². The minimum absolute atomic E-state index is 0.00746. The lowest BCUT2D eigenvalue weighted by Crippen LogP contribution is -2.43. The minimum Gasteiger partial charge on any atom is -0.482 e. The number of hydrazine groups is 1. The third kappa shape index (κ3) is 6.83. The number of anilines is 1. The normalized spacial score (nSPS) is 10.8. The Balaban J connectivity index is 1.48. The molecule has 3 amide bonds. The summed E-state index contributed by atoms with van der Waals surface area (Å²) in [5.74, 6) is -0.937. The molecule has 0 aliphatic heterocycles. The van der Waals surface area contributed by atoms with Gasteiger partial charge in [0.1, 0.15) is 5.75 Å². The molecule has 176 valence electrons. The van der Waals surface area contributed by atoms with Gasteiger partial charge in [0.05, 0.1) is 5.02 Å². The van der Waals surface area contributed by atoms with Crippen LogP contribution in [-0.2, 0) is 10.2 Å². The van der Waals surface area contributed by atoms with Crippen molar-refractivity contribution in [1.29, 1.82) is 0 Å². The van der Waals surface area contributed by atoms with Crippen LogP contribution in [0.3, 0.4) is 0 Å². The fourth-order valence-electron chi connectivity index (χ4n) is 2.97. The van der Waals surface area contributed by atoms with Gasteiger partial charge in [-0.1, -0.05) is 56.6 Å². The highest BCUT2D eigenvalue weighted by Gasteiger charge is 2.15. The summed E-state index contributed by atoms with van der Waals surface area (Å²) in [6.45, 7) is 6.02. The molecule has 3 rings (SSSR count). The van der Waals surface area contributed by atoms with E-state index in [1.807, 2.05) is 12.1 Å². The van der Waals surface area contributed by atoms with Crippen LogP contribution >= 0.6 is 11.6 Å². The number of hydrogen-bond donors (Lipinski definition) is 3. The predicted molar refractivity (Wildman–Crippen MR) is 132 cm³/mol. The Labute approximate surface area is 203 Å². The number of benzene rings is 3. The van der Waals surface area contributed by atoms with Crippen molar-refractivity contribution in [3.05, 3.63) is 94.5 Å². The maximum Gasteiger partial charge on any atom is 0.276 e. The van der Waals surface area contributed by atoms with E-state index in [1.54, 1.807) is 60.7 Å². The van der Waals surface area contributed by atoms with Crippen LogP contribution in [0.25, 0.3) is 0 Å². The van der Waals surface area contributed by atoms with E-state index < -0.39 is 11.8 Å². The second-order valence-electron chi connectivity index (χ2n) is 8.58. The number of halogens is 1. The predicted octanol–water partition coefficient (Wildman–Crippen LogP) is 4.73. The zero-order valence-corrected chi connectivity index (χ0v) is 19.9. The molecule has 0 aliphatic carbocycles. The van der Waals surface area contributed by atoms with Gasteiger partial charge >= 0.3 is 0 Å². The second kappa shape index (κ2) is 10.9. The smallest absolute Gasteiger partial charge is 0.276 e. The number of ether oxygens (including phenoxy) is 1. The van der Waals surface area contributed by atoms with Crippen LogP contribution in [0, 0.1) is 0 Å². The Morgan fingerprint density at radius 2 is 1.38 bits per heavy atom. The van der Waals surface area contributed by atoms with Crippen molar-refractivity contribution in [3.63, 3.8) is 0 Å². The van der Waals surface area contributed by atoms with E-state index in [9.17, 15) is 14.4 Å². The molecule has 0 unspecified atom stereocenters. The van der Waals surface area contributed by atoms with Crippen molar-refractivity contribution in [2.24, 2.45) is 0 Å². The Morgan fingerprint density at radius 1 is 0.794 bits per heavy atom. The number of hydrogen-bond acceptors (Lipinski definition) is 4. The van der Waals surface area contributed by atoms with E-state index in [0.717, 1.165) is 5.56 Å². The molecule has 0 fully saturated rings. The SMILES string of the molecule is CC(C)(C)c1ccc(C(=O)Nc2ccc(C(=O)NNC(=O)COc3ccccc3Cl)cc2)cc1. The molecule has 34 heavy (non-hydrogen) atoms. The summed E-state index contributed by atoms with van der Waals surface area (Å²) in [5.41, 5.74) is 7.12. The average Bonchev–Trinajstić information content (AvgIpc) is 2.82. The molecule has 8 heteroatoms. The van der Waals surface area contributed by atoms with Crippen LogP contribution in [0.1, 0.15) is 47.1 Å². The summed E-state index contributed by atoms with van der Waals surface area (Å²) in [5, 5.41) is 3.18. The quantitative estimate of drug-likeness (QED) is 0.445. The fraction of sp³-hybridized carbons (Fsp3) is 0.192. The first kappa shape index (κ1) is 24.8. The molecule has 0 heterocycles. The van der Waals surface area contributed by atoms with Crippen LogP contribution < -0.4 is 20.9 Å². The number of rotatable bonds is 6. The minimum atomic E-state index is -0.547. The molecular formula is C26H26ClN3O4. The van der Waals surface area contributed by atoms with Gasteiger partial charge in [-0.3, -0.25) is 25.2 Å². The second-order valence-corrected chi connectivity index (χ2v) is 8.99. The van der Waals surface area contributed by atoms with Gasteiger partial charge in [-0.15, -0.1) is 0 Å². The van der Waals surface area contributed by atoms with Gasteiger partial charge in [0.15, 0.2) is 6.61 Å². The van der Waals surface area contributed by atoms with E-state index >= 15 is 0 Å². The van der Waals surface area contributed by atoms with Gasteiger partial charge < -0.3 is 10.1 Å². The first-order valence-electron chi connectivity index (χ1n) is 10.6. The Bertz CT molecular complexity index is 1170. The van der Waals surface area contributed by atoms with Crippen LogP contribution in [-0.4, -0.2) is 24.3 Å². The summed E-state index contributed by atoms with van der Waals surface area (Å²) in [6, 6.07) is 20.5. The zero-order valence-electron chi connectivity index (χ0n) is 19.1. The number of carbonyl (C=O) groups is 3. The van der Waals surface area contributed by atoms with Crippen molar-refractivity contribution in [2.75, 3.05) is 11.9 Å². The molecule has 3 aromatic carbocycles. The van der Waals surface area contributed by atoms with E-state index in [0.29, 0.717) is 27.6 Å². The van der Waals surface area contributed by atoms with Gasteiger partial charge in [0.2, 0.25) is 0 Å². The van der Waals surface area contributed by atoms with Crippen molar-refractivity contribution >= 4 is 35.0 Å². The standard InChI is InChI=1S/C26H26ClN3O4/c1-26(2,3)19-12-8-17(9-13-19)24(32)28-20-14-10-18(11-15-20)25(33)30-29-23(31)16-34-22-7-5-4-6-21(22)27/h4-15H,16H2,1-3H3,(H,28,32)(H,29,31)(H,30,33). The number of amides is 3. The van der Waals surface area contributed by atoms with Crippen molar-refractivity contribution in [3.8, 4) is 5.75 Å². The van der Waals surface area contributed by atoms with Gasteiger partial charge in [-0.05, 0) is 59.5 Å². The third-order valence-electron chi connectivity index (χ3n) is 4.93. The van der Waals surface area contributed by atoms with E-state index in [1.165, 1.54) is 0 Å². The lowest BCUT2D eigenvalue weighted by molar-refractivity contribution is -0.123. The van der Waals surface area contributed by atoms with Gasteiger partial charge in [0.25, 0.3) is 17.7 Å². The summed E-state index contributed by atoms with van der Waals surface area (Å²) in [7, 11) is 0. The number of para-hydroxylation sites is 1. The molecule has 0 bridgehead atoms. The molecule has 0 aromatic heterocycles. The van der Waals surface area contributed by atoms with Crippen molar-refractivity contribution in [1.82, 2.24) is 10.9 Å². The van der Waals surface area contributed by atoms with Crippen LogP contribution in [0.4, 0.5) is 5.69 Å². The summed E-state index contributed by atoms with van der Waals surface area (Å²) in [4.78, 5) is 36.7. The lowest BCUT2D eigenvalue weighted by atomic mass is 9.87.